The van der Waals surface area contributed by atoms with E-state index in [-0.39, 0.29) is 71.1 Å². The van der Waals surface area contributed by atoms with Gasteiger partial charge in [-0.15, -0.1) is 0 Å². The van der Waals surface area contributed by atoms with Crippen LogP contribution in [0.25, 0.3) is 0 Å². The first-order valence-electron chi connectivity index (χ1n) is 18.6. The van der Waals surface area contributed by atoms with Gasteiger partial charge in [-0.1, -0.05) is 55.4 Å². The molecule has 0 fully saturated rings. The van der Waals surface area contributed by atoms with E-state index < -0.39 is 78.3 Å². The SMILES string of the molecule is CC(C)CC(C)OC(=O)c1cc(C(=O)OC(C)CC(C)C)cc(S(=O)(=O)[O-])c1.CC(C)CC(C)OC(=O)c1cc(C(=O)OC(C)CC(C)C)cc(S(=O)(=O)[O-])c1.[Ba+2]. The van der Waals surface area contributed by atoms with E-state index in [1.54, 1.807) is 27.7 Å². The maximum absolute atomic E-state index is 12.4. The number of hydrogen-bond acceptors (Lipinski definition) is 14. The predicted molar refractivity (Wildman–Crippen MR) is 212 cm³/mol. The van der Waals surface area contributed by atoms with Gasteiger partial charge in [0.15, 0.2) is 0 Å². The molecule has 2 aromatic carbocycles. The molecule has 2 rings (SSSR count). The van der Waals surface area contributed by atoms with Gasteiger partial charge in [0.25, 0.3) is 0 Å². The average Bonchev–Trinajstić information content (AvgIpc) is 3.02. The number of esters is 4. The van der Waals surface area contributed by atoms with Crippen molar-refractivity contribution < 1.29 is 64.1 Å². The van der Waals surface area contributed by atoms with Crippen LogP contribution in [0.1, 0.15) is 150 Å². The van der Waals surface area contributed by atoms with E-state index in [2.05, 4.69) is 0 Å². The van der Waals surface area contributed by atoms with E-state index in [0.717, 1.165) is 24.3 Å². The molecule has 2 aromatic rings. The molecule has 0 aromatic heterocycles. The largest absolute Gasteiger partial charge is 2.00 e. The van der Waals surface area contributed by atoms with Crippen LogP contribution < -0.4 is 0 Å². The Morgan fingerprint density at radius 2 is 0.596 bits per heavy atom. The molecule has 0 saturated carbocycles. The summed E-state index contributed by atoms with van der Waals surface area (Å²) >= 11 is 0. The summed E-state index contributed by atoms with van der Waals surface area (Å²) in [6, 6.07) is 6.04. The maximum atomic E-state index is 12.4. The van der Waals surface area contributed by atoms with Gasteiger partial charge in [0.05, 0.1) is 56.5 Å². The van der Waals surface area contributed by atoms with Gasteiger partial charge >= 0.3 is 72.8 Å². The predicted octanol–water partition coefficient (Wildman–Crippen LogP) is 7.17. The van der Waals surface area contributed by atoms with Gasteiger partial charge in [0, 0.05) is 0 Å². The molecule has 0 radical (unpaired) electrons. The number of hydrogen-bond donors (Lipinski definition) is 0. The smallest absolute Gasteiger partial charge is 0.744 e. The van der Waals surface area contributed by atoms with Crippen LogP contribution in [0.3, 0.4) is 0 Å². The Morgan fingerprint density at radius 3 is 0.737 bits per heavy atom. The molecule has 0 spiro atoms. The minimum absolute atomic E-state index is 0. The van der Waals surface area contributed by atoms with Gasteiger partial charge in [-0.25, -0.2) is 36.0 Å². The van der Waals surface area contributed by atoms with Crippen molar-refractivity contribution in [3.05, 3.63) is 58.7 Å². The minimum Gasteiger partial charge on any atom is -0.744 e. The fraction of sp³-hybridized carbons (Fsp3) is 0.600. The van der Waals surface area contributed by atoms with E-state index in [1.807, 2.05) is 55.4 Å². The summed E-state index contributed by atoms with van der Waals surface area (Å²) in [5.41, 5.74) is -0.737. The molecule has 4 unspecified atom stereocenters. The standard InChI is InChI=1S/2C20H30O7S.Ba/c2*1-12(2)7-14(5)26-19(21)16-9-17(11-18(10-16)28(23,24)25)20(22)27-15(6)8-13(3)4;/h2*9-15H,7-8H2,1-6H3,(H,23,24,25);/q;;+2/p-2. The van der Waals surface area contributed by atoms with Gasteiger partial charge in [-0.3, -0.25) is 0 Å². The Hall–Kier alpha value is -2.29. The van der Waals surface area contributed by atoms with Gasteiger partial charge < -0.3 is 28.1 Å². The third kappa shape index (κ3) is 21.5. The first kappa shape index (κ1) is 54.7. The van der Waals surface area contributed by atoms with Gasteiger partial charge in [-0.05, 0) is 113 Å². The van der Waals surface area contributed by atoms with Crippen molar-refractivity contribution in [2.24, 2.45) is 23.7 Å². The molecule has 4 atom stereocenters. The van der Waals surface area contributed by atoms with E-state index in [0.29, 0.717) is 49.4 Å². The summed E-state index contributed by atoms with van der Waals surface area (Å²) < 4.78 is 89.9. The molecule has 17 heteroatoms. The summed E-state index contributed by atoms with van der Waals surface area (Å²) in [7, 11) is -9.75. The average molecular weight is 964 g/mol. The van der Waals surface area contributed by atoms with Crippen LogP contribution in [-0.4, -0.2) is 123 Å². The van der Waals surface area contributed by atoms with Crippen LogP contribution in [0.5, 0.6) is 0 Å². The third-order valence-corrected chi connectivity index (χ3v) is 9.41. The molecule has 57 heavy (non-hydrogen) atoms. The monoisotopic (exact) mass is 964 g/mol. The zero-order valence-corrected chi connectivity index (χ0v) is 41.2. The molecule has 316 valence electrons. The fourth-order valence-electron chi connectivity index (χ4n) is 5.81. The Morgan fingerprint density at radius 1 is 0.421 bits per heavy atom. The first-order chi connectivity index (χ1) is 25.6. The second-order valence-electron chi connectivity index (χ2n) is 15.8. The number of ether oxygens (including phenoxy) is 4. The Bertz CT molecular complexity index is 1640. The van der Waals surface area contributed by atoms with E-state index in [4.69, 9.17) is 18.9 Å². The number of carbonyl (C=O) groups is 4. The van der Waals surface area contributed by atoms with Crippen molar-refractivity contribution in [2.75, 3.05) is 0 Å². The molecular weight excluding hydrogens is 906 g/mol. The molecule has 0 bridgehead atoms. The van der Waals surface area contributed by atoms with Crippen LogP contribution in [0.15, 0.2) is 46.2 Å². The molecule has 0 amide bonds. The van der Waals surface area contributed by atoms with E-state index in [9.17, 15) is 45.1 Å². The van der Waals surface area contributed by atoms with Crippen molar-refractivity contribution in [1.82, 2.24) is 0 Å². The Labute approximate surface area is 379 Å². The first-order valence-corrected chi connectivity index (χ1v) is 21.5. The van der Waals surface area contributed by atoms with E-state index in [1.165, 1.54) is 12.1 Å². The molecule has 0 heterocycles. The Balaban J connectivity index is 0.00000108. The molecule has 14 nitrogen and oxygen atoms in total. The van der Waals surface area contributed by atoms with Crippen molar-refractivity contribution >= 4 is 93.0 Å². The van der Waals surface area contributed by atoms with Gasteiger partial charge in [-0.2, -0.15) is 0 Å². The van der Waals surface area contributed by atoms with Crippen LogP contribution in [-0.2, 0) is 39.2 Å². The maximum Gasteiger partial charge on any atom is 2.00 e. The summed E-state index contributed by atoms with van der Waals surface area (Å²) in [6.07, 6.45) is 0.866. The molecule has 0 saturated heterocycles. The van der Waals surface area contributed by atoms with Crippen molar-refractivity contribution in [3.8, 4) is 0 Å². The molecule has 0 aliphatic carbocycles. The van der Waals surface area contributed by atoms with Crippen LogP contribution in [0.4, 0.5) is 0 Å². The topological polar surface area (TPSA) is 220 Å². The van der Waals surface area contributed by atoms with Crippen LogP contribution in [0.2, 0.25) is 0 Å². The summed E-state index contributed by atoms with van der Waals surface area (Å²) in [5, 5.41) is 0. The van der Waals surface area contributed by atoms with Crippen LogP contribution in [0, 0.1) is 23.7 Å². The second kappa shape index (κ2) is 24.7. The van der Waals surface area contributed by atoms with Gasteiger partial charge in [0.2, 0.25) is 0 Å². The zero-order valence-electron chi connectivity index (χ0n) is 35.2. The number of rotatable bonds is 18. The minimum atomic E-state index is -4.88. The normalized spacial score (nSPS) is 13.8. The van der Waals surface area contributed by atoms with Crippen LogP contribution >= 0.6 is 0 Å². The third-order valence-electron chi connectivity index (χ3n) is 7.78. The van der Waals surface area contributed by atoms with E-state index >= 15 is 0 Å². The number of benzene rings is 2. The summed E-state index contributed by atoms with van der Waals surface area (Å²) in [4.78, 5) is 48.2. The van der Waals surface area contributed by atoms with Crippen molar-refractivity contribution in [2.45, 2.75) is 143 Å². The van der Waals surface area contributed by atoms with Crippen molar-refractivity contribution in [1.29, 1.82) is 0 Å². The Kier molecular flexibility index (Phi) is 23.7. The second-order valence-corrected chi connectivity index (χ2v) is 18.5. The summed E-state index contributed by atoms with van der Waals surface area (Å²) in [6.45, 7) is 22.7. The zero-order chi connectivity index (χ0) is 43.3. The molecule has 0 aliphatic rings. The molecule has 0 N–H and O–H groups in total. The summed E-state index contributed by atoms with van der Waals surface area (Å²) in [5.74, 6) is -2.03. The molecular formula is C40H58BaO14S2. The van der Waals surface area contributed by atoms with Gasteiger partial charge in [0.1, 0.15) is 20.2 Å². The molecule has 0 aliphatic heterocycles. The van der Waals surface area contributed by atoms with Crippen molar-refractivity contribution in [3.63, 3.8) is 0 Å². The number of carbonyl (C=O) groups excluding carboxylic acids is 4. The fourth-order valence-corrected chi connectivity index (χ4v) is 6.89. The quantitative estimate of drug-likeness (QED) is 0.0626.